The second kappa shape index (κ2) is 4.95. The number of aromatic carboxylic acids is 1. The lowest BCUT2D eigenvalue weighted by Crippen LogP contribution is -1.95. The average molecular weight is 287 g/mol. The Kier molecular flexibility index (Phi) is 3.15. The van der Waals surface area contributed by atoms with E-state index in [-0.39, 0.29) is 4.88 Å². The van der Waals surface area contributed by atoms with Crippen molar-refractivity contribution in [3.8, 4) is 21.8 Å². The number of rotatable bonds is 3. The number of thiophene rings is 1. The highest BCUT2D eigenvalue weighted by Gasteiger charge is 2.19. The molecule has 5 heteroatoms. The highest BCUT2D eigenvalue weighted by atomic mass is 32.1. The zero-order valence-corrected chi connectivity index (χ0v) is 11.4. The van der Waals surface area contributed by atoms with Gasteiger partial charge in [0.2, 0.25) is 0 Å². The highest BCUT2D eigenvalue weighted by molar-refractivity contribution is 7.17. The van der Waals surface area contributed by atoms with Crippen molar-refractivity contribution in [2.24, 2.45) is 0 Å². The summed E-state index contributed by atoms with van der Waals surface area (Å²) in [6, 6.07) is 11.4. The molecule has 0 amide bonds. The van der Waals surface area contributed by atoms with Crippen LogP contribution in [0.15, 0.2) is 47.2 Å². The minimum Gasteiger partial charge on any atom is -0.477 e. The summed E-state index contributed by atoms with van der Waals surface area (Å²) < 4.78 is 0. The molecular weight excluding hydrogens is 278 g/mol. The molecule has 0 aliphatic carbocycles. The van der Waals surface area contributed by atoms with E-state index in [0.717, 1.165) is 16.1 Å². The third kappa shape index (κ3) is 2.30. The van der Waals surface area contributed by atoms with Gasteiger partial charge in [0.05, 0.1) is 5.69 Å². The number of nitrogens with zero attached hydrogens (tertiary/aromatic N) is 1. The molecule has 19 heavy (non-hydrogen) atoms. The largest absolute Gasteiger partial charge is 0.477 e. The highest BCUT2D eigenvalue weighted by Crippen LogP contribution is 2.34. The number of benzene rings is 1. The van der Waals surface area contributed by atoms with Crippen LogP contribution in [0.1, 0.15) is 9.67 Å². The summed E-state index contributed by atoms with van der Waals surface area (Å²) >= 11 is 2.79. The van der Waals surface area contributed by atoms with Crippen LogP contribution in [0.4, 0.5) is 0 Å². The quantitative estimate of drug-likeness (QED) is 0.784. The van der Waals surface area contributed by atoms with Crippen LogP contribution in [0, 0.1) is 0 Å². The van der Waals surface area contributed by atoms with Gasteiger partial charge in [-0.2, -0.15) is 11.3 Å². The summed E-state index contributed by atoms with van der Waals surface area (Å²) in [6.45, 7) is 0. The molecule has 2 heterocycles. The summed E-state index contributed by atoms with van der Waals surface area (Å²) in [6.07, 6.45) is 0. The Morgan fingerprint density at radius 3 is 2.53 bits per heavy atom. The average Bonchev–Trinajstić information content (AvgIpc) is 3.08. The fourth-order valence-electron chi connectivity index (χ4n) is 1.77. The van der Waals surface area contributed by atoms with Crippen LogP contribution in [0.25, 0.3) is 21.8 Å². The van der Waals surface area contributed by atoms with Crippen LogP contribution in [0.5, 0.6) is 0 Å². The lowest BCUT2D eigenvalue weighted by atomic mass is 10.1. The van der Waals surface area contributed by atoms with E-state index in [1.165, 1.54) is 11.3 Å². The summed E-state index contributed by atoms with van der Waals surface area (Å²) in [5.41, 5.74) is 2.34. The van der Waals surface area contributed by atoms with E-state index in [2.05, 4.69) is 4.98 Å². The Morgan fingerprint density at radius 1 is 1.11 bits per heavy atom. The van der Waals surface area contributed by atoms with Crippen LogP contribution in [0.2, 0.25) is 0 Å². The van der Waals surface area contributed by atoms with E-state index < -0.39 is 5.97 Å². The van der Waals surface area contributed by atoms with Gasteiger partial charge in [-0.25, -0.2) is 9.78 Å². The Bertz CT molecular complexity index is 702. The Hall–Kier alpha value is -1.98. The number of thiazole rings is 1. The monoisotopic (exact) mass is 287 g/mol. The van der Waals surface area contributed by atoms with Gasteiger partial charge in [0, 0.05) is 16.5 Å². The van der Waals surface area contributed by atoms with Gasteiger partial charge in [-0.1, -0.05) is 30.3 Å². The third-order valence-electron chi connectivity index (χ3n) is 2.64. The van der Waals surface area contributed by atoms with Crippen molar-refractivity contribution in [2.45, 2.75) is 0 Å². The minimum atomic E-state index is -0.933. The van der Waals surface area contributed by atoms with E-state index in [9.17, 15) is 9.90 Å². The first-order valence-corrected chi connectivity index (χ1v) is 7.34. The Morgan fingerprint density at radius 2 is 1.89 bits per heavy atom. The first-order chi connectivity index (χ1) is 9.25. The maximum atomic E-state index is 11.4. The summed E-state index contributed by atoms with van der Waals surface area (Å²) in [5.74, 6) is -0.933. The normalized spacial score (nSPS) is 10.5. The first-order valence-electron chi connectivity index (χ1n) is 5.58. The number of hydrogen-bond acceptors (Lipinski definition) is 4. The summed E-state index contributed by atoms with van der Waals surface area (Å²) in [5, 5.41) is 14.0. The molecule has 3 nitrogen and oxygen atoms in total. The van der Waals surface area contributed by atoms with E-state index in [1.807, 2.05) is 47.2 Å². The van der Waals surface area contributed by atoms with Crippen LogP contribution in [-0.4, -0.2) is 16.1 Å². The minimum absolute atomic E-state index is 0.285. The molecule has 0 atom stereocenters. The molecule has 0 aliphatic rings. The van der Waals surface area contributed by atoms with Crippen LogP contribution < -0.4 is 0 Å². The van der Waals surface area contributed by atoms with Crippen molar-refractivity contribution in [1.82, 2.24) is 4.98 Å². The summed E-state index contributed by atoms with van der Waals surface area (Å²) in [4.78, 5) is 16.1. The zero-order valence-electron chi connectivity index (χ0n) is 9.74. The molecular formula is C14H9NO2S2. The second-order valence-corrected chi connectivity index (χ2v) is 5.66. The van der Waals surface area contributed by atoms with Crippen LogP contribution in [0.3, 0.4) is 0 Å². The molecule has 3 rings (SSSR count). The smallest absolute Gasteiger partial charge is 0.348 e. The maximum absolute atomic E-state index is 11.4. The molecule has 1 aromatic carbocycles. The van der Waals surface area contributed by atoms with E-state index in [1.54, 1.807) is 11.3 Å². The fourth-order valence-corrected chi connectivity index (χ4v) is 3.40. The maximum Gasteiger partial charge on any atom is 0.348 e. The van der Waals surface area contributed by atoms with Gasteiger partial charge in [-0.3, -0.25) is 0 Å². The molecule has 0 bridgehead atoms. The van der Waals surface area contributed by atoms with Gasteiger partial charge >= 0.3 is 5.97 Å². The van der Waals surface area contributed by atoms with E-state index >= 15 is 0 Å². The lowest BCUT2D eigenvalue weighted by molar-refractivity contribution is 0.0702. The summed E-state index contributed by atoms with van der Waals surface area (Å²) in [7, 11) is 0. The SMILES string of the molecule is O=C(O)c1sc(-c2ccsc2)nc1-c1ccccc1. The Labute approximate surface area is 117 Å². The molecule has 0 unspecified atom stereocenters. The number of carboxylic acids is 1. The number of carbonyl (C=O) groups is 1. The number of hydrogen-bond donors (Lipinski definition) is 1. The Balaban J connectivity index is 2.16. The van der Waals surface area contributed by atoms with Crippen LogP contribution in [-0.2, 0) is 0 Å². The first kappa shape index (κ1) is 12.1. The third-order valence-corrected chi connectivity index (χ3v) is 4.41. The van der Waals surface area contributed by atoms with Gasteiger partial charge < -0.3 is 5.11 Å². The van der Waals surface area contributed by atoms with Gasteiger partial charge in [0.25, 0.3) is 0 Å². The molecule has 0 saturated carbocycles. The van der Waals surface area contributed by atoms with Crippen molar-refractivity contribution in [3.05, 3.63) is 52.0 Å². The van der Waals surface area contributed by atoms with Crippen LogP contribution >= 0.6 is 22.7 Å². The van der Waals surface area contributed by atoms with Crippen molar-refractivity contribution in [3.63, 3.8) is 0 Å². The fraction of sp³-hybridized carbons (Fsp3) is 0. The second-order valence-electron chi connectivity index (χ2n) is 3.88. The topological polar surface area (TPSA) is 50.2 Å². The molecule has 94 valence electrons. The molecule has 0 radical (unpaired) electrons. The van der Waals surface area contributed by atoms with Crippen molar-refractivity contribution >= 4 is 28.6 Å². The predicted octanol–water partition coefficient (Wildman–Crippen LogP) is 4.24. The molecule has 0 fully saturated rings. The van der Waals surface area contributed by atoms with Crippen molar-refractivity contribution in [1.29, 1.82) is 0 Å². The molecule has 1 N–H and O–H groups in total. The molecule has 3 aromatic rings. The van der Waals surface area contributed by atoms with Crippen molar-refractivity contribution < 1.29 is 9.90 Å². The molecule has 0 aliphatic heterocycles. The van der Waals surface area contributed by atoms with E-state index in [4.69, 9.17) is 0 Å². The van der Waals surface area contributed by atoms with Crippen molar-refractivity contribution in [2.75, 3.05) is 0 Å². The lowest BCUT2D eigenvalue weighted by Gasteiger charge is -1.97. The van der Waals surface area contributed by atoms with Gasteiger partial charge in [-0.15, -0.1) is 11.3 Å². The van der Waals surface area contributed by atoms with E-state index in [0.29, 0.717) is 5.69 Å². The number of carboxylic acid groups (broad SMARTS) is 1. The van der Waals surface area contributed by atoms with Gasteiger partial charge in [-0.05, 0) is 11.4 Å². The standard InChI is InChI=1S/C14H9NO2S2/c16-14(17)12-11(9-4-2-1-3-5-9)15-13(19-12)10-6-7-18-8-10/h1-8H,(H,16,17). The van der Waals surface area contributed by atoms with Gasteiger partial charge in [0.1, 0.15) is 9.88 Å². The molecule has 0 spiro atoms. The van der Waals surface area contributed by atoms with Gasteiger partial charge in [0.15, 0.2) is 0 Å². The number of aromatic nitrogens is 1. The zero-order chi connectivity index (χ0) is 13.2. The predicted molar refractivity (Wildman–Crippen MR) is 77.8 cm³/mol. The molecule has 2 aromatic heterocycles. The molecule has 0 saturated heterocycles.